The summed E-state index contributed by atoms with van der Waals surface area (Å²) < 4.78 is 5.22. The van der Waals surface area contributed by atoms with Crippen LogP contribution in [0.2, 0.25) is 0 Å². The summed E-state index contributed by atoms with van der Waals surface area (Å²) in [5.74, 6) is 0.176. The van der Waals surface area contributed by atoms with E-state index in [9.17, 15) is 9.59 Å². The smallest absolute Gasteiger partial charge is 0.226 e. The van der Waals surface area contributed by atoms with Crippen molar-refractivity contribution in [3.05, 3.63) is 34.3 Å². The number of aromatic nitrogens is 2. The van der Waals surface area contributed by atoms with Crippen LogP contribution in [0.15, 0.2) is 18.2 Å². The molecule has 0 saturated heterocycles. The second-order valence-corrected chi connectivity index (χ2v) is 6.84. The lowest BCUT2D eigenvalue weighted by Crippen LogP contribution is -2.13. The number of carbonyl (C=O) groups is 2. The van der Waals surface area contributed by atoms with E-state index in [4.69, 9.17) is 4.74 Å². The Morgan fingerprint density at radius 3 is 2.76 bits per heavy atom. The fourth-order valence-electron chi connectivity index (χ4n) is 2.32. The molecule has 0 spiro atoms. The number of carbonyl (C=O) groups excluding carboxylic acids is 2. The molecule has 134 valence electrons. The molecule has 7 heteroatoms. The standard InChI is InChI=1S/C18H23N3O3S/c1-4-5-6-17-20-21-18(25-17)19-16(23)10-8-14(22)13-11-12(2)7-9-15(13)24-3/h7,9,11H,4-6,8,10H2,1-3H3,(H,19,21,23). The zero-order chi connectivity index (χ0) is 18.2. The summed E-state index contributed by atoms with van der Waals surface area (Å²) in [4.78, 5) is 24.4. The van der Waals surface area contributed by atoms with Crippen LogP contribution in [-0.2, 0) is 11.2 Å². The molecule has 0 radical (unpaired) electrons. The van der Waals surface area contributed by atoms with E-state index in [0.29, 0.717) is 16.4 Å². The van der Waals surface area contributed by atoms with Crippen molar-refractivity contribution in [1.29, 1.82) is 0 Å². The molecule has 0 saturated carbocycles. The number of aryl methyl sites for hydroxylation is 2. The van der Waals surface area contributed by atoms with Gasteiger partial charge in [0.1, 0.15) is 10.8 Å². The van der Waals surface area contributed by atoms with Crippen molar-refractivity contribution >= 4 is 28.2 Å². The first-order chi connectivity index (χ1) is 12.0. The van der Waals surface area contributed by atoms with E-state index in [1.54, 1.807) is 12.1 Å². The van der Waals surface area contributed by atoms with Gasteiger partial charge in [0.2, 0.25) is 11.0 Å². The Bertz CT molecular complexity index is 743. The molecule has 0 unspecified atom stereocenters. The molecule has 0 fully saturated rings. The van der Waals surface area contributed by atoms with Gasteiger partial charge in [0, 0.05) is 19.3 Å². The van der Waals surface area contributed by atoms with Gasteiger partial charge in [-0.05, 0) is 25.5 Å². The van der Waals surface area contributed by atoms with E-state index >= 15 is 0 Å². The summed E-state index contributed by atoms with van der Waals surface area (Å²) in [6.45, 7) is 4.03. The number of hydrogen-bond donors (Lipinski definition) is 1. The van der Waals surface area contributed by atoms with Crippen molar-refractivity contribution in [2.45, 2.75) is 46.0 Å². The molecule has 2 rings (SSSR count). The lowest BCUT2D eigenvalue weighted by Gasteiger charge is -2.08. The highest BCUT2D eigenvalue weighted by Crippen LogP contribution is 2.22. The van der Waals surface area contributed by atoms with Gasteiger partial charge in [-0.25, -0.2) is 0 Å². The zero-order valence-electron chi connectivity index (χ0n) is 14.8. The molecule has 2 aromatic rings. The van der Waals surface area contributed by atoms with E-state index in [1.165, 1.54) is 18.4 Å². The second-order valence-electron chi connectivity index (χ2n) is 5.78. The topological polar surface area (TPSA) is 81.2 Å². The number of methoxy groups -OCH3 is 1. The number of benzene rings is 1. The fraction of sp³-hybridized carbons (Fsp3) is 0.444. The molecule has 25 heavy (non-hydrogen) atoms. The minimum atomic E-state index is -0.238. The second kappa shape index (κ2) is 9.27. The van der Waals surface area contributed by atoms with Gasteiger partial charge in [-0.2, -0.15) is 0 Å². The number of hydrogen-bond acceptors (Lipinski definition) is 6. The molecule has 0 aliphatic carbocycles. The summed E-state index contributed by atoms with van der Waals surface area (Å²) in [6.07, 6.45) is 3.23. The molecule has 0 aliphatic rings. The molecule has 1 aromatic carbocycles. The highest BCUT2D eigenvalue weighted by Gasteiger charge is 2.15. The lowest BCUT2D eigenvalue weighted by atomic mass is 10.0. The number of nitrogens with one attached hydrogen (secondary N) is 1. The number of ketones is 1. The SMILES string of the molecule is CCCCc1nnc(NC(=O)CCC(=O)c2cc(C)ccc2OC)s1. The summed E-state index contributed by atoms with van der Waals surface area (Å²) in [5, 5.41) is 12.1. The molecule has 0 atom stereocenters. The van der Waals surface area contributed by atoms with Crippen molar-refractivity contribution in [1.82, 2.24) is 10.2 Å². The monoisotopic (exact) mass is 361 g/mol. The molecule has 1 amide bonds. The van der Waals surface area contributed by atoms with Crippen LogP contribution in [-0.4, -0.2) is 29.0 Å². The third-order valence-electron chi connectivity index (χ3n) is 3.69. The van der Waals surface area contributed by atoms with Gasteiger partial charge in [0.15, 0.2) is 5.78 Å². The van der Waals surface area contributed by atoms with E-state index in [1.807, 2.05) is 13.0 Å². The van der Waals surface area contributed by atoms with E-state index < -0.39 is 0 Å². The third-order valence-corrected chi connectivity index (χ3v) is 4.59. The minimum absolute atomic E-state index is 0.0970. The summed E-state index contributed by atoms with van der Waals surface area (Å²) in [5.41, 5.74) is 1.48. The molecule has 6 nitrogen and oxygen atoms in total. The van der Waals surface area contributed by atoms with Crippen molar-refractivity contribution < 1.29 is 14.3 Å². The molecular weight excluding hydrogens is 338 g/mol. The molecular formula is C18H23N3O3S. The lowest BCUT2D eigenvalue weighted by molar-refractivity contribution is -0.116. The maximum absolute atomic E-state index is 12.4. The van der Waals surface area contributed by atoms with Crippen LogP contribution in [0.3, 0.4) is 0 Å². The van der Waals surface area contributed by atoms with Gasteiger partial charge in [-0.1, -0.05) is 36.3 Å². The first-order valence-corrected chi connectivity index (χ1v) is 9.15. The average molecular weight is 361 g/mol. The Hall–Kier alpha value is -2.28. The van der Waals surface area contributed by atoms with Gasteiger partial charge >= 0.3 is 0 Å². The molecule has 0 bridgehead atoms. The first-order valence-electron chi connectivity index (χ1n) is 8.33. The summed E-state index contributed by atoms with van der Waals surface area (Å²) in [7, 11) is 1.53. The van der Waals surface area contributed by atoms with Crippen molar-refractivity contribution in [3.8, 4) is 5.75 Å². The Kier molecular flexibility index (Phi) is 7.06. The number of ether oxygens (including phenoxy) is 1. The van der Waals surface area contributed by atoms with Crippen LogP contribution in [0, 0.1) is 6.92 Å². The van der Waals surface area contributed by atoms with Crippen LogP contribution in [0.4, 0.5) is 5.13 Å². The van der Waals surface area contributed by atoms with E-state index in [2.05, 4.69) is 22.4 Å². The number of amides is 1. The van der Waals surface area contributed by atoms with Gasteiger partial charge < -0.3 is 10.1 Å². The molecule has 1 N–H and O–H groups in total. The Labute approximate surface area is 151 Å². The normalized spacial score (nSPS) is 10.5. The predicted molar refractivity (Wildman–Crippen MR) is 98.4 cm³/mol. The Morgan fingerprint density at radius 2 is 2.04 bits per heavy atom. The van der Waals surface area contributed by atoms with E-state index in [0.717, 1.165) is 29.8 Å². The number of rotatable bonds is 9. The number of anilines is 1. The van der Waals surface area contributed by atoms with Crippen LogP contribution in [0.1, 0.15) is 53.5 Å². The molecule has 0 aliphatic heterocycles. The maximum atomic E-state index is 12.4. The van der Waals surface area contributed by atoms with Crippen LogP contribution >= 0.6 is 11.3 Å². The third kappa shape index (κ3) is 5.63. The van der Waals surface area contributed by atoms with Crippen molar-refractivity contribution in [2.75, 3.05) is 12.4 Å². The average Bonchev–Trinajstić information content (AvgIpc) is 3.05. The number of Topliss-reactive ketones (excluding diaryl/α,β-unsaturated/α-hetero) is 1. The summed E-state index contributed by atoms with van der Waals surface area (Å²) in [6, 6.07) is 5.43. The quantitative estimate of drug-likeness (QED) is 0.687. The van der Waals surface area contributed by atoms with Crippen molar-refractivity contribution in [2.24, 2.45) is 0 Å². The number of nitrogens with zero attached hydrogens (tertiary/aromatic N) is 2. The highest BCUT2D eigenvalue weighted by atomic mass is 32.1. The van der Waals surface area contributed by atoms with Gasteiger partial charge in [-0.3, -0.25) is 9.59 Å². The van der Waals surface area contributed by atoms with Crippen LogP contribution < -0.4 is 10.1 Å². The Morgan fingerprint density at radius 1 is 1.24 bits per heavy atom. The van der Waals surface area contributed by atoms with Crippen molar-refractivity contribution in [3.63, 3.8) is 0 Å². The first kappa shape index (κ1) is 19.1. The van der Waals surface area contributed by atoms with Gasteiger partial charge in [0.25, 0.3) is 0 Å². The summed E-state index contributed by atoms with van der Waals surface area (Å²) >= 11 is 1.38. The van der Waals surface area contributed by atoms with Crippen LogP contribution in [0.5, 0.6) is 5.75 Å². The Balaban J connectivity index is 1.88. The minimum Gasteiger partial charge on any atom is -0.496 e. The fourth-order valence-corrected chi connectivity index (χ4v) is 3.11. The van der Waals surface area contributed by atoms with Crippen LogP contribution in [0.25, 0.3) is 0 Å². The van der Waals surface area contributed by atoms with Gasteiger partial charge in [0.05, 0.1) is 12.7 Å². The predicted octanol–water partition coefficient (Wildman–Crippen LogP) is 3.80. The van der Waals surface area contributed by atoms with Gasteiger partial charge in [-0.15, -0.1) is 10.2 Å². The number of unbranched alkanes of at least 4 members (excludes halogenated alkanes) is 1. The zero-order valence-corrected chi connectivity index (χ0v) is 15.6. The highest BCUT2D eigenvalue weighted by molar-refractivity contribution is 7.15. The maximum Gasteiger partial charge on any atom is 0.226 e. The van der Waals surface area contributed by atoms with E-state index in [-0.39, 0.29) is 24.5 Å². The molecule has 1 aromatic heterocycles. The largest absolute Gasteiger partial charge is 0.496 e. The molecule has 1 heterocycles.